The molecule has 0 radical (unpaired) electrons. The highest BCUT2D eigenvalue weighted by Gasteiger charge is 2.29. The van der Waals surface area contributed by atoms with Gasteiger partial charge in [0, 0.05) is 56.7 Å². The number of hydrogen-bond acceptors (Lipinski definition) is 10. The van der Waals surface area contributed by atoms with E-state index in [0.717, 1.165) is 75.3 Å². The van der Waals surface area contributed by atoms with Gasteiger partial charge >= 0.3 is 0 Å². The molecule has 7 rings (SSSR count). The lowest BCUT2D eigenvalue weighted by atomic mass is 9.83. The van der Waals surface area contributed by atoms with Gasteiger partial charge in [0.15, 0.2) is 0 Å². The third kappa shape index (κ3) is 13.1. The quantitative estimate of drug-likeness (QED) is 0.0257. The minimum Gasteiger partial charge on any atom is -0.507 e. The number of carbonyl (C=O) groups is 2. The van der Waals surface area contributed by atoms with E-state index in [0.29, 0.717) is 64.1 Å². The van der Waals surface area contributed by atoms with Crippen molar-refractivity contribution in [1.82, 2.24) is 0 Å². The fourth-order valence-corrected chi connectivity index (χ4v) is 12.8. The van der Waals surface area contributed by atoms with E-state index in [4.69, 9.17) is 0 Å². The number of carbonyl (C=O) groups excluding carboxylic acids is 2. The summed E-state index contributed by atoms with van der Waals surface area (Å²) in [5.41, 5.74) is 12.1. The van der Waals surface area contributed by atoms with E-state index in [1.165, 1.54) is 6.07 Å². The zero-order chi connectivity index (χ0) is 56.6. The SMILES string of the molecule is CCCCc1cc(C(=O)Nc2c(C)cc(C)c(Nc3ccc(C(c4ccc(Nc5c(C)cc(C)c(NC(=O)c6cc(I)c(O)c(I)c6)c5C)cc4)c4ccc(S(=O)(=O)O)cc4S(=O)(=O)O)cc3)c2C)cc(C(C)(C)C)c1O. The van der Waals surface area contributed by atoms with Crippen molar-refractivity contribution in [3.8, 4) is 11.5 Å². The molecular formula is C59H62I2N4O10S2. The molecule has 77 heavy (non-hydrogen) atoms. The van der Waals surface area contributed by atoms with Gasteiger partial charge in [-0.1, -0.05) is 76.6 Å². The number of nitrogens with one attached hydrogen (secondary N) is 4. The van der Waals surface area contributed by atoms with Crippen molar-refractivity contribution in [3.63, 3.8) is 0 Å². The third-order valence-electron chi connectivity index (χ3n) is 13.7. The average Bonchev–Trinajstić information content (AvgIpc) is 3.35. The molecule has 7 aromatic carbocycles. The van der Waals surface area contributed by atoms with Crippen LogP contribution in [0.4, 0.5) is 34.1 Å². The lowest BCUT2D eigenvalue weighted by molar-refractivity contribution is 0.101. The normalized spacial score (nSPS) is 12.3. The van der Waals surface area contributed by atoms with E-state index >= 15 is 0 Å². The number of halogens is 2. The Balaban J connectivity index is 1.23. The third-order valence-corrected chi connectivity index (χ3v) is 17.1. The maximum atomic E-state index is 14.1. The van der Waals surface area contributed by atoms with Crippen LogP contribution in [0.15, 0.2) is 113 Å². The number of unbranched alkanes of at least 4 members (excludes halogenated alkanes) is 1. The van der Waals surface area contributed by atoms with Crippen LogP contribution in [0.5, 0.6) is 11.5 Å². The molecule has 1 atom stereocenters. The van der Waals surface area contributed by atoms with E-state index in [2.05, 4.69) is 28.2 Å². The monoisotopic (exact) mass is 1300 g/mol. The van der Waals surface area contributed by atoms with Crippen LogP contribution >= 0.6 is 45.2 Å². The van der Waals surface area contributed by atoms with Gasteiger partial charge in [-0.3, -0.25) is 18.7 Å². The van der Waals surface area contributed by atoms with Crippen molar-refractivity contribution < 1.29 is 45.7 Å². The van der Waals surface area contributed by atoms with Crippen molar-refractivity contribution in [3.05, 3.63) is 183 Å². The van der Waals surface area contributed by atoms with Gasteiger partial charge in [-0.25, -0.2) is 0 Å². The molecule has 7 aromatic rings. The Morgan fingerprint density at radius 1 is 0.571 bits per heavy atom. The largest absolute Gasteiger partial charge is 0.507 e. The number of rotatable bonds is 16. The summed E-state index contributed by atoms with van der Waals surface area (Å²) >= 11 is 3.97. The molecule has 8 N–H and O–H groups in total. The van der Waals surface area contributed by atoms with Crippen LogP contribution in [0, 0.1) is 48.7 Å². The Labute approximate surface area is 478 Å². The topological polar surface area (TPSA) is 231 Å². The first kappa shape index (κ1) is 58.6. The summed E-state index contributed by atoms with van der Waals surface area (Å²) in [5, 5.41) is 34.7. The minimum atomic E-state index is -5.07. The average molecular weight is 1310 g/mol. The van der Waals surface area contributed by atoms with Gasteiger partial charge in [0.1, 0.15) is 11.5 Å². The molecule has 404 valence electrons. The highest BCUT2D eigenvalue weighted by atomic mass is 127. The first-order valence-corrected chi connectivity index (χ1v) is 29.7. The summed E-state index contributed by atoms with van der Waals surface area (Å²) in [6.45, 7) is 19.6. The molecule has 14 nitrogen and oxygen atoms in total. The van der Waals surface area contributed by atoms with Crippen LogP contribution in [-0.2, 0) is 32.1 Å². The first-order valence-electron chi connectivity index (χ1n) is 24.7. The van der Waals surface area contributed by atoms with Crippen LogP contribution in [0.1, 0.15) is 128 Å². The second kappa shape index (κ2) is 23.1. The van der Waals surface area contributed by atoms with E-state index in [-0.39, 0.29) is 28.9 Å². The summed E-state index contributed by atoms with van der Waals surface area (Å²) in [7, 11) is -9.94. The summed E-state index contributed by atoms with van der Waals surface area (Å²) < 4.78 is 72.3. The Hall–Kier alpha value is -6.04. The molecule has 0 heterocycles. The van der Waals surface area contributed by atoms with E-state index < -0.39 is 41.4 Å². The minimum absolute atomic E-state index is 0.0382. The fourth-order valence-electron chi connectivity index (χ4n) is 9.66. The second-order valence-corrected chi connectivity index (χ2v) is 25.6. The molecular weight excluding hydrogens is 1240 g/mol. The smallest absolute Gasteiger partial charge is 0.294 e. The lowest BCUT2D eigenvalue weighted by Crippen LogP contribution is -2.18. The number of phenols is 2. The summed E-state index contributed by atoms with van der Waals surface area (Å²) in [4.78, 5) is 26.2. The number of amides is 2. The van der Waals surface area contributed by atoms with Crippen molar-refractivity contribution in [2.24, 2.45) is 0 Å². The molecule has 0 saturated carbocycles. The van der Waals surface area contributed by atoms with Crippen molar-refractivity contribution in [1.29, 1.82) is 0 Å². The van der Waals surface area contributed by atoms with E-state index in [9.17, 15) is 45.7 Å². The van der Waals surface area contributed by atoms with Crippen LogP contribution < -0.4 is 21.3 Å². The van der Waals surface area contributed by atoms with Crippen molar-refractivity contribution in [2.45, 2.75) is 110 Å². The molecule has 0 fully saturated rings. The Morgan fingerprint density at radius 2 is 1.01 bits per heavy atom. The maximum absolute atomic E-state index is 14.1. The predicted molar refractivity (Wildman–Crippen MR) is 323 cm³/mol. The standard InChI is InChI=1S/C59H62I2N4O10S2/c1-11-12-13-39-26-40(27-46(55(39)66)59(8,9)10)57(68)64-53-33(4)24-31(2)51(35(53)6)62-42-18-14-37(15-19-42)50(45-23-22-44(76(70,71)72)30-49(45)77(73,74)75)38-16-20-43(21-17-38)63-52-32(3)25-34(5)54(36(52)7)65-58(69)41-28-47(60)56(67)48(61)29-41/h14-30,50,62-63,66-67H,11-13H2,1-10H3,(H,64,68)(H,65,69)(H,70,71,72)(H,73,74,75). The Kier molecular flexibility index (Phi) is 17.6. The van der Waals surface area contributed by atoms with Crippen molar-refractivity contribution >= 4 is 111 Å². The van der Waals surface area contributed by atoms with Crippen molar-refractivity contribution in [2.75, 3.05) is 21.3 Å². The van der Waals surface area contributed by atoms with Gasteiger partial charge in [-0.05, 0) is 221 Å². The molecule has 0 aromatic heterocycles. The highest BCUT2D eigenvalue weighted by molar-refractivity contribution is 14.1. The Morgan fingerprint density at radius 3 is 1.43 bits per heavy atom. The molecule has 2 amide bonds. The summed E-state index contributed by atoms with van der Waals surface area (Å²) in [6, 6.07) is 28.1. The Bertz CT molecular complexity index is 3690. The van der Waals surface area contributed by atoms with Crippen LogP contribution in [0.25, 0.3) is 0 Å². The molecule has 18 heteroatoms. The molecule has 1 unspecified atom stereocenters. The van der Waals surface area contributed by atoms with Gasteiger partial charge in [0.2, 0.25) is 0 Å². The molecule has 0 spiro atoms. The number of aryl methyl sites for hydroxylation is 5. The van der Waals surface area contributed by atoms with Gasteiger partial charge in [0.25, 0.3) is 32.1 Å². The molecule has 0 aliphatic heterocycles. The first-order chi connectivity index (χ1) is 36.0. The zero-order valence-corrected chi connectivity index (χ0v) is 50.3. The number of anilines is 6. The molecule has 0 aliphatic carbocycles. The van der Waals surface area contributed by atoms with Crippen LogP contribution in [-0.4, -0.2) is 48.0 Å². The van der Waals surface area contributed by atoms with E-state index in [1.807, 2.05) is 120 Å². The van der Waals surface area contributed by atoms with Gasteiger partial charge < -0.3 is 31.5 Å². The predicted octanol–water partition coefficient (Wildman–Crippen LogP) is 14.5. The van der Waals surface area contributed by atoms with Crippen LogP contribution in [0.2, 0.25) is 0 Å². The van der Waals surface area contributed by atoms with Gasteiger partial charge in [-0.2, -0.15) is 16.8 Å². The maximum Gasteiger partial charge on any atom is 0.294 e. The van der Waals surface area contributed by atoms with Gasteiger partial charge in [-0.15, -0.1) is 0 Å². The molecule has 0 bridgehead atoms. The summed E-state index contributed by atoms with van der Waals surface area (Å²) in [5.74, 6) is -1.24. The lowest BCUT2D eigenvalue weighted by Gasteiger charge is -2.24. The number of benzene rings is 7. The number of hydrogen-bond donors (Lipinski definition) is 8. The number of phenolic OH excluding ortho intramolecular Hbond substituents is 2. The number of aromatic hydroxyl groups is 2. The molecule has 0 aliphatic rings. The fraction of sp³-hybridized carbons (Fsp3) is 0.254. The highest BCUT2D eigenvalue weighted by Crippen LogP contribution is 2.41. The second-order valence-electron chi connectivity index (χ2n) is 20.4. The van der Waals surface area contributed by atoms with Crippen LogP contribution in [0.3, 0.4) is 0 Å². The van der Waals surface area contributed by atoms with Gasteiger partial charge in [0.05, 0.1) is 16.9 Å². The van der Waals surface area contributed by atoms with E-state index in [1.54, 1.807) is 72.8 Å². The molecule has 0 saturated heterocycles. The zero-order valence-electron chi connectivity index (χ0n) is 44.3. The summed E-state index contributed by atoms with van der Waals surface area (Å²) in [6.07, 6.45) is 2.43.